The third-order valence-electron chi connectivity index (χ3n) is 4.99. The molecule has 2 atom stereocenters. The number of nitrogens with two attached hydrogens (primary N) is 1. The molecule has 2 aliphatic rings. The molecular weight excluding hydrogens is 323 g/mol. The van der Waals surface area contributed by atoms with Crippen molar-refractivity contribution < 1.29 is 22.7 Å². The number of amides is 1. The molecule has 0 radical (unpaired) electrons. The SMILES string of the molecule is N#Cc1ccc(N2C[C@@H]3COCC[C@]3(C(N)=O)C2)cc1C(F)(F)F. The summed E-state index contributed by atoms with van der Waals surface area (Å²) in [7, 11) is 0. The van der Waals surface area contributed by atoms with E-state index in [1.165, 1.54) is 6.07 Å². The summed E-state index contributed by atoms with van der Waals surface area (Å²) in [5, 5.41) is 8.88. The van der Waals surface area contributed by atoms with E-state index in [2.05, 4.69) is 0 Å². The van der Waals surface area contributed by atoms with Crippen molar-refractivity contribution in [3.8, 4) is 6.07 Å². The molecule has 1 aromatic rings. The van der Waals surface area contributed by atoms with Gasteiger partial charge in [-0.1, -0.05) is 0 Å². The molecule has 0 aliphatic carbocycles. The van der Waals surface area contributed by atoms with Crippen LogP contribution in [0, 0.1) is 22.7 Å². The Balaban J connectivity index is 1.96. The lowest BCUT2D eigenvalue weighted by Gasteiger charge is -2.35. The zero-order valence-electron chi connectivity index (χ0n) is 12.8. The number of carbonyl (C=O) groups is 1. The number of hydrogen-bond acceptors (Lipinski definition) is 4. The standard InChI is InChI=1S/C16H16F3N3O2/c17-16(18,19)13-5-12(2-1-10(13)6-20)22-7-11-8-24-4-3-15(11,9-22)14(21)23/h1-2,5,11H,3-4,7-9H2,(H2,21,23)/t11-,15+/m1/s1. The van der Waals surface area contributed by atoms with Crippen molar-refractivity contribution in [3.05, 3.63) is 29.3 Å². The number of primary amides is 1. The minimum Gasteiger partial charge on any atom is -0.381 e. The van der Waals surface area contributed by atoms with Crippen molar-refractivity contribution >= 4 is 11.6 Å². The molecule has 8 heteroatoms. The van der Waals surface area contributed by atoms with Gasteiger partial charge < -0.3 is 15.4 Å². The topological polar surface area (TPSA) is 79.3 Å². The number of rotatable bonds is 2. The summed E-state index contributed by atoms with van der Waals surface area (Å²) in [4.78, 5) is 13.7. The van der Waals surface area contributed by atoms with Gasteiger partial charge in [0.05, 0.1) is 29.2 Å². The van der Waals surface area contributed by atoms with Crippen LogP contribution in [-0.2, 0) is 15.7 Å². The maximum atomic E-state index is 13.1. The van der Waals surface area contributed by atoms with Gasteiger partial charge >= 0.3 is 6.18 Å². The first-order chi connectivity index (χ1) is 11.3. The van der Waals surface area contributed by atoms with Crippen molar-refractivity contribution in [2.75, 3.05) is 31.2 Å². The second-order valence-electron chi connectivity index (χ2n) is 6.26. The van der Waals surface area contributed by atoms with E-state index < -0.39 is 28.6 Å². The lowest BCUT2D eigenvalue weighted by molar-refractivity contribution is -0.138. The molecule has 2 heterocycles. The number of halogens is 3. The van der Waals surface area contributed by atoms with Gasteiger partial charge in [0.2, 0.25) is 5.91 Å². The molecule has 128 valence electrons. The zero-order chi connectivity index (χ0) is 17.5. The number of fused-ring (bicyclic) bond motifs is 1. The van der Waals surface area contributed by atoms with Crippen LogP contribution in [0.15, 0.2) is 18.2 Å². The molecule has 2 saturated heterocycles. The number of nitrogens with zero attached hydrogens (tertiary/aromatic N) is 2. The molecule has 0 bridgehead atoms. The number of alkyl halides is 3. The molecule has 0 saturated carbocycles. The summed E-state index contributed by atoms with van der Waals surface area (Å²) in [6.45, 7) is 1.43. The van der Waals surface area contributed by atoms with Gasteiger partial charge in [0.25, 0.3) is 0 Å². The van der Waals surface area contributed by atoms with Gasteiger partial charge in [0, 0.05) is 31.3 Å². The van der Waals surface area contributed by atoms with Gasteiger partial charge in [-0.2, -0.15) is 18.4 Å². The fourth-order valence-electron chi connectivity index (χ4n) is 3.61. The molecular formula is C16H16F3N3O2. The van der Waals surface area contributed by atoms with E-state index in [0.29, 0.717) is 31.9 Å². The molecule has 0 spiro atoms. The third kappa shape index (κ3) is 2.59. The minimum atomic E-state index is -4.61. The fourth-order valence-corrected chi connectivity index (χ4v) is 3.61. The maximum Gasteiger partial charge on any atom is 0.417 e. The Labute approximate surface area is 136 Å². The number of benzene rings is 1. The molecule has 0 unspecified atom stereocenters. The van der Waals surface area contributed by atoms with Gasteiger partial charge in [0.1, 0.15) is 0 Å². The zero-order valence-corrected chi connectivity index (χ0v) is 12.8. The van der Waals surface area contributed by atoms with E-state index >= 15 is 0 Å². The van der Waals surface area contributed by atoms with E-state index in [4.69, 9.17) is 15.7 Å². The highest BCUT2D eigenvalue weighted by Gasteiger charge is 2.52. The number of hydrogen-bond donors (Lipinski definition) is 1. The van der Waals surface area contributed by atoms with E-state index in [-0.39, 0.29) is 12.5 Å². The lowest BCUT2D eigenvalue weighted by atomic mass is 9.74. The number of nitriles is 1. The highest BCUT2D eigenvalue weighted by atomic mass is 19.4. The monoisotopic (exact) mass is 339 g/mol. The van der Waals surface area contributed by atoms with Crippen molar-refractivity contribution in [2.45, 2.75) is 12.6 Å². The molecule has 24 heavy (non-hydrogen) atoms. The molecule has 5 nitrogen and oxygen atoms in total. The summed E-state index contributed by atoms with van der Waals surface area (Å²) in [6, 6.07) is 5.16. The summed E-state index contributed by atoms with van der Waals surface area (Å²) in [5.41, 5.74) is 3.75. The molecule has 1 aromatic carbocycles. The Bertz CT molecular complexity index is 713. The van der Waals surface area contributed by atoms with Crippen LogP contribution in [0.1, 0.15) is 17.5 Å². The van der Waals surface area contributed by atoms with E-state index in [1.807, 2.05) is 0 Å². The molecule has 2 N–H and O–H groups in total. The normalized spacial score (nSPS) is 26.8. The largest absolute Gasteiger partial charge is 0.417 e. The predicted octanol–water partition coefficient (Wildman–Crippen LogP) is 1.91. The van der Waals surface area contributed by atoms with Crippen LogP contribution in [0.4, 0.5) is 18.9 Å². The Morgan fingerprint density at radius 2 is 2.21 bits per heavy atom. The van der Waals surface area contributed by atoms with Crippen LogP contribution in [0.2, 0.25) is 0 Å². The van der Waals surface area contributed by atoms with Crippen LogP contribution in [0.25, 0.3) is 0 Å². The van der Waals surface area contributed by atoms with Crippen LogP contribution in [0.5, 0.6) is 0 Å². The van der Waals surface area contributed by atoms with E-state index in [1.54, 1.807) is 11.0 Å². The number of anilines is 1. The predicted molar refractivity (Wildman–Crippen MR) is 78.9 cm³/mol. The number of ether oxygens (including phenoxy) is 1. The summed E-state index contributed by atoms with van der Waals surface area (Å²) < 4.78 is 44.8. The fraction of sp³-hybridized carbons (Fsp3) is 0.500. The van der Waals surface area contributed by atoms with Crippen LogP contribution in [0.3, 0.4) is 0 Å². The van der Waals surface area contributed by atoms with Crippen molar-refractivity contribution in [1.29, 1.82) is 5.26 Å². The second kappa shape index (κ2) is 5.67. The van der Waals surface area contributed by atoms with Crippen LogP contribution < -0.4 is 10.6 Å². The Morgan fingerprint density at radius 3 is 2.79 bits per heavy atom. The Kier molecular flexibility index (Phi) is 3.92. The molecule has 1 amide bonds. The second-order valence-corrected chi connectivity index (χ2v) is 6.26. The smallest absolute Gasteiger partial charge is 0.381 e. The van der Waals surface area contributed by atoms with Crippen LogP contribution >= 0.6 is 0 Å². The van der Waals surface area contributed by atoms with Crippen molar-refractivity contribution in [1.82, 2.24) is 0 Å². The molecule has 2 fully saturated rings. The summed E-state index contributed by atoms with van der Waals surface area (Å²) in [6.07, 6.45) is -4.15. The number of carbonyl (C=O) groups excluding carboxylic acids is 1. The van der Waals surface area contributed by atoms with Gasteiger partial charge in [-0.15, -0.1) is 0 Å². The van der Waals surface area contributed by atoms with Gasteiger partial charge in [-0.25, -0.2) is 0 Å². The summed E-state index contributed by atoms with van der Waals surface area (Å²) in [5.74, 6) is -0.586. The van der Waals surface area contributed by atoms with Gasteiger partial charge in [0.15, 0.2) is 0 Å². The quantitative estimate of drug-likeness (QED) is 0.893. The maximum absolute atomic E-state index is 13.1. The van der Waals surface area contributed by atoms with Gasteiger partial charge in [-0.3, -0.25) is 4.79 Å². The summed E-state index contributed by atoms with van der Waals surface area (Å²) >= 11 is 0. The minimum absolute atomic E-state index is 0.145. The van der Waals surface area contributed by atoms with E-state index in [0.717, 1.165) is 12.1 Å². The van der Waals surface area contributed by atoms with Crippen LogP contribution in [-0.4, -0.2) is 32.2 Å². The average molecular weight is 339 g/mol. The molecule has 3 rings (SSSR count). The first-order valence-corrected chi connectivity index (χ1v) is 7.52. The molecule has 0 aromatic heterocycles. The lowest BCUT2D eigenvalue weighted by Crippen LogP contribution is -2.48. The third-order valence-corrected chi connectivity index (χ3v) is 4.99. The van der Waals surface area contributed by atoms with Gasteiger partial charge in [-0.05, 0) is 24.6 Å². The first-order valence-electron chi connectivity index (χ1n) is 7.52. The van der Waals surface area contributed by atoms with Crippen molar-refractivity contribution in [2.24, 2.45) is 17.1 Å². The van der Waals surface area contributed by atoms with E-state index in [9.17, 15) is 18.0 Å². The first kappa shape index (κ1) is 16.6. The molecule has 2 aliphatic heterocycles. The average Bonchev–Trinajstić information content (AvgIpc) is 2.94. The van der Waals surface area contributed by atoms with Crippen molar-refractivity contribution in [3.63, 3.8) is 0 Å². The Morgan fingerprint density at radius 1 is 1.46 bits per heavy atom. The Hall–Kier alpha value is -2.27. The highest BCUT2D eigenvalue weighted by Crippen LogP contribution is 2.44. The highest BCUT2D eigenvalue weighted by molar-refractivity contribution is 5.83.